The molecule has 0 bridgehead atoms. The lowest BCUT2D eigenvalue weighted by Crippen LogP contribution is -2.11. The minimum Gasteiger partial charge on any atom is -0.424 e. The largest absolute Gasteiger partial charge is 0.424 e. The molecule has 0 radical (unpaired) electrons. The highest BCUT2D eigenvalue weighted by molar-refractivity contribution is 5.76. The van der Waals surface area contributed by atoms with Crippen LogP contribution in [-0.2, 0) is 6.54 Å². The fraction of sp³-hybridized carbons (Fsp3) is 0.222. The molecular formula is C18H18N4O. The number of para-hydroxylation sites is 2. The fourth-order valence-electron chi connectivity index (χ4n) is 2.87. The Kier molecular flexibility index (Phi) is 3.26. The summed E-state index contributed by atoms with van der Waals surface area (Å²) in [6.45, 7) is 5.62. The Balaban J connectivity index is 1.51. The standard InChI is InChI=1S/C18H18N4O/c1-12-7-8-17-15(11-12)21-18(23-17)19-9-10-22-13(2)20-14-5-3-4-6-16(14)22/h3-8,11H,9-10H2,1-2H3,(H,19,21). The van der Waals surface area contributed by atoms with Gasteiger partial charge in [-0.2, -0.15) is 4.98 Å². The summed E-state index contributed by atoms with van der Waals surface area (Å²) >= 11 is 0. The van der Waals surface area contributed by atoms with Crippen LogP contribution in [0.4, 0.5) is 6.01 Å². The zero-order chi connectivity index (χ0) is 15.8. The van der Waals surface area contributed by atoms with E-state index in [1.807, 2.05) is 50.2 Å². The lowest BCUT2D eigenvalue weighted by atomic mass is 10.2. The zero-order valence-corrected chi connectivity index (χ0v) is 13.2. The van der Waals surface area contributed by atoms with Crippen LogP contribution in [-0.4, -0.2) is 21.1 Å². The Morgan fingerprint density at radius 3 is 2.83 bits per heavy atom. The Morgan fingerprint density at radius 1 is 1.04 bits per heavy atom. The Bertz CT molecular complexity index is 983. The normalized spacial score (nSPS) is 11.4. The number of fused-ring (bicyclic) bond motifs is 2. The first kappa shape index (κ1) is 13.8. The summed E-state index contributed by atoms with van der Waals surface area (Å²) in [7, 11) is 0. The zero-order valence-electron chi connectivity index (χ0n) is 13.2. The summed E-state index contributed by atoms with van der Waals surface area (Å²) in [5.74, 6) is 1.01. The minimum absolute atomic E-state index is 0.563. The van der Waals surface area contributed by atoms with E-state index in [1.54, 1.807) is 0 Å². The van der Waals surface area contributed by atoms with Crippen LogP contribution < -0.4 is 5.32 Å². The molecule has 5 heteroatoms. The number of hydrogen-bond donors (Lipinski definition) is 1. The molecule has 116 valence electrons. The molecular weight excluding hydrogens is 288 g/mol. The minimum atomic E-state index is 0.563. The van der Waals surface area contributed by atoms with Crippen LogP contribution in [0.5, 0.6) is 0 Å². The van der Waals surface area contributed by atoms with E-state index in [-0.39, 0.29) is 0 Å². The van der Waals surface area contributed by atoms with E-state index in [0.29, 0.717) is 6.01 Å². The Labute approximate surface area is 134 Å². The lowest BCUT2D eigenvalue weighted by molar-refractivity contribution is 0.606. The van der Waals surface area contributed by atoms with Gasteiger partial charge in [0.1, 0.15) is 11.3 Å². The molecule has 0 fully saturated rings. The monoisotopic (exact) mass is 306 g/mol. The fourth-order valence-corrected chi connectivity index (χ4v) is 2.87. The molecule has 2 heterocycles. The summed E-state index contributed by atoms with van der Waals surface area (Å²) in [4.78, 5) is 9.05. The molecule has 5 nitrogen and oxygen atoms in total. The van der Waals surface area contributed by atoms with Gasteiger partial charge in [-0.1, -0.05) is 18.2 Å². The van der Waals surface area contributed by atoms with Gasteiger partial charge >= 0.3 is 0 Å². The van der Waals surface area contributed by atoms with Crippen LogP contribution >= 0.6 is 0 Å². The van der Waals surface area contributed by atoms with Gasteiger partial charge in [-0.3, -0.25) is 0 Å². The van der Waals surface area contributed by atoms with Gasteiger partial charge in [-0.05, 0) is 43.7 Å². The molecule has 2 aromatic carbocycles. The van der Waals surface area contributed by atoms with E-state index in [1.165, 1.54) is 5.56 Å². The summed E-state index contributed by atoms with van der Waals surface area (Å²) < 4.78 is 7.92. The average molecular weight is 306 g/mol. The van der Waals surface area contributed by atoms with E-state index in [2.05, 4.69) is 25.9 Å². The SMILES string of the molecule is Cc1ccc2oc(NCCn3c(C)nc4ccccc43)nc2c1. The van der Waals surface area contributed by atoms with E-state index >= 15 is 0 Å². The van der Waals surface area contributed by atoms with Gasteiger partial charge in [-0.25, -0.2) is 4.98 Å². The summed E-state index contributed by atoms with van der Waals surface area (Å²) in [6, 6.07) is 14.8. The van der Waals surface area contributed by atoms with E-state index in [4.69, 9.17) is 4.42 Å². The number of anilines is 1. The number of rotatable bonds is 4. The predicted molar refractivity (Wildman–Crippen MR) is 91.7 cm³/mol. The Hall–Kier alpha value is -2.82. The van der Waals surface area contributed by atoms with Gasteiger partial charge in [0.05, 0.1) is 11.0 Å². The van der Waals surface area contributed by atoms with Crippen molar-refractivity contribution in [2.45, 2.75) is 20.4 Å². The van der Waals surface area contributed by atoms with Crippen molar-refractivity contribution in [3.63, 3.8) is 0 Å². The summed E-state index contributed by atoms with van der Waals surface area (Å²) in [5.41, 5.74) is 5.05. The van der Waals surface area contributed by atoms with Crippen molar-refractivity contribution in [2.75, 3.05) is 11.9 Å². The molecule has 2 aromatic heterocycles. The second kappa shape index (κ2) is 5.43. The molecule has 0 spiro atoms. The molecule has 4 rings (SSSR count). The molecule has 0 aliphatic rings. The molecule has 0 atom stereocenters. The lowest BCUT2D eigenvalue weighted by Gasteiger charge is -2.06. The van der Waals surface area contributed by atoms with Crippen molar-refractivity contribution in [2.24, 2.45) is 0 Å². The quantitative estimate of drug-likeness (QED) is 0.621. The van der Waals surface area contributed by atoms with Crippen LogP contribution in [0.2, 0.25) is 0 Å². The number of aryl methyl sites for hydroxylation is 2. The summed E-state index contributed by atoms with van der Waals surface area (Å²) in [6.07, 6.45) is 0. The number of nitrogens with zero attached hydrogens (tertiary/aromatic N) is 3. The van der Waals surface area contributed by atoms with Crippen molar-refractivity contribution in [3.05, 3.63) is 53.9 Å². The number of hydrogen-bond acceptors (Lipinski definition) is 4. The van der Waals surface area contributed by atoms with E-state index in [0.717, 1.165) is 41.0 Å². The maximum absolute atomic E-state index is 5.71. The highest BCUT2D eigenvalue weighted by atomic mass is 16.4. The van der Waals surface area contributed by atoms with Crippen LogP contribution in [0.15, 0.2) is 46.9 Å². The van der Waals surface area contributed by atoms with Gasteiger partial charge in [0, 0.05) is 13.1 Å². The Morgan fingerprint density at radius 2 is 1.91 bits per heavy atom. The second-order valence-corrected chi connectivity index (χ2v) is 5.72. The highest BCUT2D eigenvalue weighted by Gasteiger charge is 2.08. The van der Waals surface area contributed by atoms with Crippen LogP contribution in [0, 0.1) is 13.8 Å². The first-order valence-corrected chi connectivity index (χ1v) is 7.74. The van der Waals surface area contributed by atoms with Crippen molar-refractivity contribution in [1.29, 1.82) is 0 Å². The molecule has 0 aliphatic carbocycles. The van der Waals surface area contributed by atoms with Crippen molar-refractivity contribution in [1.82, 2.24) is 14.5 Å². The molecule has 0 unspecified atom stereocenters. The van der Waals surface area contributed by atoms with Crippen molar-refractivity contribution in [3.8, 4) is 0 Å². The van der Waals surface area contributed by atoms with Gasteiger partial charge in [0.15, 0.2) is 5.58 Å². The van der Waals surface area contributed by atoms with Crippen LogP contribution in [0.3, 0.4) is 0 Å². The maximum Gasteiger partial charge on any atom is 0.295 e. The van der Waals surface area contributed by atoms with Gasteiger partial charge < -0.3 is 14.3 Å². The molecule has 4 aromatic rings. The average Bonchev–Trinajstić information content (AvgIpc) is 3.07. The van der Waals surface area contributed by atoms with Gasteiger partial charge in [0.25, 0.3) is 6.01 Å². The van der Waals surface area contributed by atoms with E-state index in [9.17, 15) is 0 Å². The third kappa shape index (κ3) is 2.54. The molecule has 0 amide bonds. The molecule has 1 N–H and O–H groups in total. The first-order chi connectivity index (χ1) is 11.2. The van der Waals surface area contributed by atoms with Crippen molar-refractivity contribution >= 4 is 28.1 Å². The van der Waals surface area contributed by atoms with E-state index < -0.39 is 0 Å². The van der Waals surface area contributed by atoms with Crippen molar-refractivity contribution < 1.29 is 4.42 Å². The number of benzene rings is 2. The summed E-state index contributed by atoms with van der Waals surface area (Å²) in [5, 5.41) is 3.26. The molecule has 0 saturated heterocycles. The first-order valence-electron chi connectivity index (χ1n) is 7.74. The van der Waals surface area contributed by atoms with Gasteiger partial charge in [-0.15, -0.1) is 0 Å². The third-order valence-electron chi connectivity index (χ3n) is 4.00. The highest BCUT2D eigenvalue weighted by Crippen LogP contribution is 2.20. The number of nitrogens with one attached hydrogen (secondary N) is 1. The number of oxazole rings is 1. The van der Waals surface area contributed by atoms with Crippen LogP contribution in [0.25, 0.3) is 22.1 Å². The molecule has 23 heavy (non-hydrogen) atoms. The topological polar surface area (TPSA) is 55.9 Å². The number of aromatic nitrogens is 3. The molecule has 0 saturated carbocycles. The molecule has 0 aliphatic heterocycles. The van der Waals surface area contributed by atoms with Gasteiger partial charge in [0.2, 0.25) is 0 Å². The number of imidazole rings is 1. The van der Waals surface area contributed by atoms with Crippen LogP contribution in [0.1, 0.15) is 11.4 Å². The third-order valence-corrected chi connectivity index (χ3v) is 4.00. The maximum atomic E-state index is 5.71. The second-order valence-electron chi connectivity index (χ2n) is 5.72. The predicted octanol–water partition coefficient (Wildman–Crippen LogP) is 3.91. The smallest absolute Gasteiger partial charge is 0.295 e.